The molecule has 0 N–H and O–H groups in total. The van der Waals surface area contributed by atoms with Gasteiger partial charge in [-0.3, -0.25) is 4.79 Å². The lowest BCUT2D eigenvalue weighted by atomic mass is 10.1. The maximum absolute atomic E-state index is 12.9. The maximum Gasteiger partial charge on any atom is 0.395 e. The van der Waals surface area contributed by atoms with Crippen molar-refractivity contribution in [2.45, 2.75) is 24.9 Å². The molecule has 15 heavy (non-hydrogen) atoms. The second kappa shape index (κ2) is 4.55. The first-order valence-electron chi connectivity index (χ1n) is 4.38. The highest BCUT2D eigenvalue weighted by molar-refractivity contribution is 5.75. The van der Waals surface area contributed by atoms with Crippen LogP contribution in [0.2, 0.25) is 0 Å². The molecular formula is C8H9F3N2O2. The van der Waals surface area contributed by atoms with Crippen molar-refractivity contribution >= 4 is 12.1 Å². The van der Waals surface area contributed by atoms with Crippen molar-refractivity contribution in [3.8, 4) is 0 Å². The van der Waals surface area contributed by atoms with Crippen LogP contribution < -0.4 is 0 Å². The molecule has 0 aromatic heterocycles. The lowest BCUT2D eigenvalue weighted by molar-refractivity contribution is -0.191. The van der Waals surface area contributed by atoms with Crippen LogP contribution in [-0.2, 0) is 9.59 Å². The van der Waals surface area contributed by atoms with Crippen molar-refractivity contribution in [1.82, 2.24) is 4.90 Å². The van der Waals surface area contributed by atoms with Crippen molar-refractivity contribution in [3.63, 3.8) is 0 Å². The molecule has 0 bridgehead atoms. The molecule has 1 aliphatic heterocycles. The molecule has 0 aromatic rings. The summed E-state index contributed by atoms with van der Waals surface area (Å²) in [5, 5.41) is 0. The number of isocyanates is 1. The fourth-order valence-corrected chi connectivity index (χ4v) is 1.51. The Bertz CT molecular complexity index is 302. The van der Waals surface area contributed by atoms with Gasteiger partial charge in [-0.25, -0.2) is 14.7 Å². The largest absolute Gasteiger partial charge is 0.395 e. The zero-order chi connectivity index (χ0) is 11.5. The van der Waals surface area contributed by atoms with E-state index in [2.05, 4.69) is 4.99 Å². The Balaban J connectivity index is 2.71. The molecular weight excluding hydrogens is 213 g/mol. The maximum atomic E-state index is 12.9. The predicted octanol–water partition coefficient (Wildman–Crippen LogP) is 0.876. The average molecular weight is 222 g/mol. The van der Waals surface area contributed by atoms with Crippen molar-refractivity contribution in [2.75, 3.05) is 13.1 Å². The molecule has 1 fully saturated rings. The number of nitrogens with zero attached hydrogens (tertiary/aromatic N) is 2. The van der Waals surface area contributed by atoms with Crippen LogP contribution in [0.1, 0.15) is 12.8 Å². The van der Waals surface area contributed by atoms with E-state index >= 15 is 0 Å². The molecule has 1 heterocycles. The van der Waals surface area contributed by atoms with E-state index in [1.54, 1.807) is 0 Å². The summed E-state index contributed by atoms with van der Waals surface area (Å²) in [5.41, 5.74) is 0. The number of rotatable bonds is 3. The van der Waals surface area contributed by atoms with Gasteiger partial charge in [-0.1, -0.05) is 0 Å². The quantitative estimate of drug-likeness (QED) is 0.308. The lowest BCUT2D eigenvalue weighted by Crippen LogP contribution is -2.51. The molecule has 1 saturated heterocycles. The molecule has 0 radical (unpaired) electrons. The Labute approximate surface area is 83.8 Å². The number of likely N-dealkylation sites (tertiary alicyclic amines) is 1. The van der Waals surface area contributed by atoms with Crippen LogP contribution in [0, 0.1) is 0 Å². The highest BCUT2D eigenvalue weighted by Crippen LogP contribution is 2.26. The Hall–Kier alpha value is -1.20. The topological polar surface area (TPSA) is 49.7 Å². The molecule has 0 spiro atoms. The molecule has 0 aliphatic carbocycles. The van der Waals surface area contributed by atoms with Gasteiger partial charge in [0.2, 0.25) is 6.08 Å². The average Bonchev–Trinajstić information content (AvgIpc) is 2.18. The number of carbonyl (C=O) groups excluding carboxylic acids is 2. The fourth-order valence-electron chi connectivity index (χ4n) is 1.51. The minimum atomic E-state index is -4.11. The molecule has 1 rings (SSSR count). The van der Waals surface area contributed by atoms with E-state index in [4.69, 9.17) is 0 Å². The Kier molecular flexibility index (Phi) is 3.60. The lowest BCUT2D eigenvalue weighted by Gasteiger charge is -2.33. The number of hydrogen-bond donors (Lipinski definition) is 0. The van der Waals surface area contributed by atoms with Crippen LogP contribution in [-0.4, -0.2) is 42.2 Å². The van der Waals surface area contributed by atoms with Gasteiger partial charge < -0.3 is 0 Å². The number of aliphatic imine (C=N–C) groups is 1. The van der Waals surface area contributed by atoms with Crippen LogP contribution >= 0.6 is 0 Å². The van der Waals surface area contributed by atoms with Crippen LogP contribution in [0.15, 0.2) is 4.99 Å². The van der Waals surface area contributed by atoms with E-state index in [1.807, 2.05) is 0 Å². The summed E-state index contributed by atoms with van der Waals surface area (Å²) in [6.07, 6.45) is 2.06. The Morgan fingerprint density at radius 3 is 2.73 bits per heavy atom. The highest BCUT2D eigenvalue weighted by atomic mass is 19.3. The van der Waals surface area contributed by atoms with Gasteiger partial charge in [-0.15, -0.1) is 0 Å². The molecule has 0 aromatic carbocycles. The normalized spacial score (nSPS) is 23.3. The standard InChI is InChI=1S/C8H9F3N2O2/c9-7(15)8(10,11)13-3-1-2-6(4-13)12-5-14/h6H,1-4H2/t6-/m0/s1. The van der Waals surface area contributed by atoms with E-state index in [0.29, 0.717) is 17.7 Å². The molecule has 0 amide bonds. The minimum Gasteiger partial charge on any atom is -0.252 e. The first-order valence-corrected chi connectivity index (χ1v) is 4.38. The fraction of sp³-hybridized carbons (Fsp3) is 0.750. The van der Waals surface area contributed by atoms with Gasteiger partial charge >= 0.3 is 12.1 Å². The third-order valence-corrected chi connectivity index (χ3v) is 2.27. The van der Waals surface area contributed by atoms with Gasteiger partial charge in [-0.2, -0.15) is 13.2 Å². The summed E-state index contributed by atoms with van der Waals surface area (Å²) in [6.45, 7) is -0.397. The van der Waals surface area contributed by atoms with Gasteiger partial charge in [0.1, 0.15) is 0 Å². The summed E-state index contributed by atoms with van der Waals surface area (Å²) >= 11 is 0. The van der Waals surface area contributed by atoms with Crippen LogP contribution in [0.4, 0.5) is 13.2 Å². The Morgan fingerprint density at radius 1 is 1.53 bits per heavy atom. The summed E-state index contributed by atoms with van der Waals surface area (Å²) in [6, 6.07) is -7.43. The second-order valence-corrected chi connectivity index (χ2v) is 3.28. The van der Waals surface area contributed by atoms with E-state index in [9.17, 15) is 22.8 Å². The van der Waals surface area contributed by atoms with Gasteiger partial charge in [0.25, 0.3) is 0 Å². The molecule has 7 heteroatoms. The molecule has 84 valence electrons. The van der Waals surface area contributed by atoms with E-state index < -0.39 is 18.1 Å². The van der Waals surface area contributed by atoms with Crippen LogP contribution in [0.25, 0.3) is 0 Å². The van der Waals surface area contributed by atoms with E-state index in [0.717, 1.165) is 0 Å². The van der Waals surface area contributed by atoms with Gasteiger partial charge in [0, 0.05) is 13.1 Å². The smallest absolute Gasteiger partial charge is 0.252 e. The summed E-state index contributed by atoms with van der Waals surface area (Å²) < 4.78 is 37.9. The van der Waals surface area contributed by atoms with Gasteiger partial charge in [0.05, 0.1) is 6.04 Å². The van der Waals surface area contributed by atoms with Crippen molar-refractivity contribution in [1.29, 1.82) is 0 Å². The second-order valence-electron chi connectivity index (χ2n) is 3.28. The third kappa shape index (κ3) is 2.64. The first kappa shape index (κ1) is 11.9. The number of carbonyl (C=O) groups is 1. The van der Waals surface area contributed by atoms with E-state index in [-0.39, 0.29) is 13.1 Å². The molecule has 1 aliphatic rings. The highest BCUT2D eigenvalue weighted by Gasteiger charge is 2.47. The number of hydrogen-bond acceptors (Lipinski definition) is 4. The Morgan fingerprint density at radius 2 is 2.20 bits per heavy atom. The van der Waals surface area contributed by atoms with Crippen LogP contribution in [0.5, 0.6) is 0 Å². The number of halogens is 3. The zero-order valence-corrected chi connectivity index (χ0v) is 7.75. The predicted molar refractivity (Wildman–Crippen MR) is 43.8 cm³/mol. The zero-order valence-electron chi connectivity index (χ0n) is 7.75. The summed E-state index contributed by atoms with van der Waals surface area (Å²) in [7, 11) is 0. The monoisotopic (exact) mass is 222 g/mol. The summed E-state index contributed by atoms with van der Waals surface area (Å²) in [5.74, 6) is 0. The van der Waals surface area contributed by atoms with Crippen LogP contribution in [0.3, 0.4) is 0 Å². The number of piperidine rings is 1. The van der Waals surface area contributed by atoms with Crippen molar-refractivity contribution < 1.29 is 22.8 Å². The minimum absolute atomic E-state index is 0.0897. The molecule has 1 atom stereocenters. The SMILES string of the molecule is O=C=N[C@H]1CCCN(C(F)(F)C(=O)F)C1. The van der Waals surface area contributed by atoms with Crippen molar-refractivity contribution in [2.24, 2.45) is 4.99 Å². The van der Waals surface area contributed by atoms with Gasteiger partial charge in [0.15, 0.2) is 0 Å². The molecule has 4 nitrogen and oxygen atoms in total. The van der Waals surface area contributed by atoms with E-state index in [1.165, 1.54) is 6.08 Å². The first-order chi connectivity index (χ1) is 6.98. The van der Waals surface area contributed by atoms with Gasteiger partial charge in [-0.05, 0) is 12.8 Å². The molecule has 0 saturated carbocycles. The van der Waals surface area contributed by atoms with Crippen molar-refractivity contribution in [3.05, 3.63) is 0 Å². The summed E-state index contributed by atoms with van der Waals surface area (Å²) in [4.78, 5) is 23.7. The number of alkyl halides is 2. The third-order valence-electron chi connectivity index (χ3n) is 2.27. The molecule has 0 unspecified atom stereocenters.